The molecule has 2 aromatic carbocycles. The number of rotatable bonds is 11. The lowest BCUT2D eigenvalue weighted by atomic mass is 10.1. The monoisotopic (exact) mass is 475 g/mol. The molecule has 0 atom stereocenters. The smallest absolute Gasteiger partial charge is 0.251 e. The lowest BCUT2D eigenvalue weighted by molar-refractivity contribution is -0.116. The van der Waals surface area contributed by atoms with Crippen LogP contribution in [0.2, 0.25) is 0 Å². The van der Waals surface area contributed by atoms with E-state index in [1.807, 2.05) is 19.9 Å². The van der Waals surface area contributed by atoms with E-state index in [0.29, 0.717) is 25.2 Å². The second-order valence-electron chi connectivity index (χ2n) is 7.98. The van der Waals surface area contributed by atoms with Gasteiger partial charge in [0.15, 0.2) is 0 Å². The lowest BCUT2D eigenvalue weighted by Crippen LogP contribution is -2.31. The number of sulfonamides is 1. The Kier molecular flexibility index (Phi) is 9.43. The third-order valence-electron chi connectivity index (χ3n) is 5.01. The Morgan fingerprint density at radius 1 is 1.06 bits per heavy atom. The van der Waals surface area contributed by atoms with Crippen molar-refractivity contribution in [2.45, 2.75) is 45.6 Å². The van der Waals surface area contributed by atoms with Gasteiger partial charge < -0.3 is 15.4 Å². The molecular formula is C24H33N3O5S. The normalized spacial score (nSPS) is 11.5. The first-order chi connectivity index (χ1) is 15.6. The molecule has 0 aromatic heterocycles. The van der Waals surface area contributed by atoms with E-state index < -0.39 is 15.9 Å². The van der Waals surface area contributed by atoms with Gasteiger partial charge in [0.05, 0.1) is 7.11 Å². The van der Waals surface area contributed by atoms with E-state index in [-0.39, 0.29) is 34.6 Å². The number of anilines is 1. The van der Waals surface area contributed by atoms with Crippen molar-refractivity contribution in [2.75, 3.05) is 25.5 Å². The van der Waals surface area contributed by atoms with Crippen LogP contribution in [0.1, 0.15) is 50.0 Å². The summed E-state index contributed by atoms with van der Waals surface area (Å²) >= 11 is 0. The highest BCUT2D eigenvalue weighted by Gasteiger charge is 2.26. The quantitative estimate of drug-likeness (QED) is 0.516. The summed E-state index contributed by atoms with van der Waals surface area (Å²) in [5.74, 6) is -0.0371. The van der Waals surface area contributed by atoms with Gasteiger partial charge in [-0.15, -0.1) is 0 Å². The first-order valence-corrected chi connectivity index (χ1v) is 12.4. The maximum atomic E-state index is 13.0. The average Bonchev–Trinajstić information content (AvgIpc) is 2.77. The predicted molar refractivity (Wildman–Crippen MR) is 129 cm³/mol. The van der Waals surface area contributed by atoms with Gasteiger partial charge in [-0.05, 0) is 41.8 Å². The zero-order valence-corrected chi connectivity index (χ0v) is 20.7. The summed E-state index contributed by atoms with van der Waals surface area (Å²) in [6.07, 6.45) is 0.428. The van der Waals surface area contributed by atoms with Crippen LogP contribution in [0.15, 0.2) is 47.4 Å². The third-order valence-corrected chi connectivity index (χ3v) is 7.08. The molecule has 180 valence electrons. The summed E-state index contributed by atoms with van der Waals surface area (Å²) in [4.78, 5) is 24.7. The van der Waals surface area contributed by atoms with Crippen LogP contribution in [-0.4, -0.2) is 44.7 Å². The van der Waals surface area contributed by atoms with Gasteiger partial charge in [-0.1, -0.05) is 39.8 Å². The number of carbonyl (C=O) groups is 2. The van der Waals surface area contributed by atoms with Crippen LogP contribution < -0.4 is 15.4 Å². The van der Waals surface area contributed by atoms with E-state index in [0.717, 1.165) is 5.56 Å². The number of hydrogen-bond donors (Lipinski definition) is 2. The predicted octanol–water partition coefficient (Wildman–Crippen LogP) is 3.64. The summed E-state index contributed by atoms with van der Waals surface area (Å²) in [5.41, 5.74) is 1.67. The molecule has 0 aliphatic heterocycles. The van der Waals surface area contributed by atoms with Crippen molar-refractivity contribution < 1.29 is 22.7 Å². The van der Waals surface area contributed by atoms with Crippen molar-refractivity contribution in [1.29, 1.82) is 0 Å². The van der Waals surface area contributed by atoms with Crippen LogP contribution in [0.3, 0.4) is 0 Å². The fourth-order valence-electron chi connectivity index (χ4n) is 3.35. The van der Waals surface area contributed by atoms with Crippen LogP contribution >= 0.6 is 0 Å². The molecule has 0 aliphatic carbocycles. The van der Waals surface area contributed by atoms with E-state index in [1.165, 1.54) is 29.6 Å². The molecule has 33 heavy (non-hydrogen) atoms. The van der Waals surface area contributed by atoms with Gasteiger partial charge in [0.2, 0.25) is 15.9 Å². The van der Waals surface area contributed by atoms with Crippen molar-refractivity contribution in [3.05, 3.63) is 53.6 Å². The van der Waals surface area contributed by atoms with Gasteiger partial charge in [0.25, 0.3) is 5.91 Å². The highest BCUT2D eigenvalue weighted by atomic mass is 32.2. The van der Waals surface area contributed by atoms with Crippen molar-refractivity contribution >= 4 is 27.5 Å². The molecule has 0 fully saturated rings. The van der Waals surface area contributed by atoms with Crippen LogP contribution in [0.4, 0.5) is 5.69 Å². The summed E-state index contributed by atoms with van der Waals surface area (Å²) in [7, 11) is -2.41. The Morgan fingerprint density at radius 3 is 2.36 bits per heavy atom. The number of carbonyl (C=O) groups excluding carboxylic acids is 2. The lowest BCUT2D eigenvalue weighted by Gasteiger charge is -2.20. The van der Waals surface area contributed by atoms with Gasteiger partial charge in [0, 0.05) is 37.3 Å². The van der Waals surface area contributed by atoms with Gasteiger partial charge in [-0.25, -0.2) is 8.42 Å². The highest BCUT2D eigenvalue weighted by Crippen LogP contribution is 2.28. The number of methoxy groups -OCH3 is 1. The Hall–Kier alpha value is -2.91. The highest BCUT2D eigenvalue weighted by molar-refractivity contribution is 7.89. The third kappa shape index (κ3) is 7.03. The van der Waals surface area contributed by atoms with E-state index >= 15 is 0 Å². The molecule has 0 saturated heterocycles. The number of benzene rings is 2. The second kappa shape index (κ2) is 11.8. The van der Waals surface area contributed by atoms with Gasteiger partial charge in [0.1, 0.15) is 10.6 Å². The molecule has 0 heterocycles. The maximum absolute atomic E-state index is 13.0. The van der Waals surface area contributed by atoms with Crippen LogP contribution in [0.5, 0.6) is 5.75 Å². The zero-order valence-electron chi connectivity index (χ0n) is 19.8. The Bertz CT molecular complexity index is 1080. The van der Waals surface area contributed by atoms with Gasteiger partial charge >= 0.3 is 0 Å². The molecular weight excluding hydrogens is 442 g/mol. The molecule has 8 nitrogen and oxygen atoms in total. The van der Waals surface area contributed by atoms with Gasteiger partial charge in [-0.3, -0.25) is 9.59 Å². The minimum absolute atomic E-state index is 0.0452. The first-order valence-electron chi connectivity index (χ1n) is 11.0. The van der Waals surface area contributed by atoms with Crippen LogP contribution in [0.25, 0.3) is 0 Å². The molecule has 0 spiro atoms. The van der Waals surface area contributed by atoms with Crippen LogP contribution in [0, 0.1) is 5.92 Å². The van der Waals surface area contributed by atoms with Crippen molar-refractivity contribution in [2.24, 2.45) is 5.92 Å². The fourth-order valence-corrected chi connectivity index (χ4v) is 4.99. The van der Waals surface area contributed by atoms with E-state index in [4.69, 9.17) is 4.74 Å². The Balaban J connectivity index is 2.17. The minimum Gasteiger partial charge on any atom is -0.495 e. The molecule has 0 aliphatic rings. The number of nitrogens with one attached hydrogen (secondary N) is 2. The molecule has 2 rings (SSSR count). The molecule has 2 amide bonds. The van der Waals surface area contributed by atoms with Crippen LogP contribution in [-0.2, 0) is 21.4 Å². The minimum atomic E-state index is -3.80. The Labute approximate surface area is 196 Å². The fraction of sp³-hybridized carbons (Fsp3) is 0.417. The summed E-state index contributed by atoms with van der Waals surface area (Å²) < 4.78 is 32.5. The number of nitrogens with zero attached hydrogens (tertiary/aromatic N) is 1. The molecule has 0 bridgehead atoms. The Morgan fingerprint density at radius 2 is 1.76 bits per heavy atom. The SMILES string of the molecule is CCN(CC)S(=O)(=O)c1cc(C(=O)NCc2cccc(NC(=O)CC(C)C)c2)ccc1OC. The zero-order chi connectivity index (χ0) is 24.6. The van der Waals surface area contributed by atoms with Crippen molar-refractivity contribution in [3.63, 3.8) is 0 Å². The number of ether oxygens (including phenoxy) is 1. The van der Waals surface area contributed by atoms with Crippen molar-refractivity contribution in [1.82, 2.24) is 9.62 Å². The molecule has 2 N–H and O–H groups in total. The molecule has 0 saturated carbocycles. The second-order valence-corrected chi connectivity index (χ2v) is 9.89. The van der Waals surface area contributed by atoms with E-state index in [2.05, 4.69) is 10.6 Å². The molecule has 9 heteroatoms. The number of hydrogen-bond acceptors (Lipinski definition) is 5. The van der Waals surface area contributed by atoms with Gasteiger partial charge in [-0.2, -0.15) is 4.31 Å². The average molecular weight is 476 g/mol. The number of amides is 2. The maximum Gasteiger partial charge on any atom is 0.251 e. The summed E-state index contributed by atoms with van der Waals surface area (Å²) in [6, 6.07) is 11.6. The molecule has 0 unspecified atom stereocenters. The topological polar surface area (TPSA) is 105 Å². The molecule has 0 radical (unpaired) electrons. The summed E-state index contributed by atoms with van der Waals surface area (Å²) in [5, 5.41) is 5.65. The standard InChI is InChI=1S/C24H33N3O5S/c1-6-27(7-2)33(30,31)22-15-19(11-12-21(22)32-5)24(29)25-16-18-9-8-10-20(14-18)26-23(28)13-17(3)4/h8-12,14-15,17H,6-7,13,16H2,1-5H3,(H,25,29)(H,26,28). The first kappa shape index (κ1) is 26.3. The van der Waals surface area contributed by atoms with E-state index in [1.54, 1.807) is 32.0 Å². The molecule has 2 aromatic rings. The largest absolute Gasteiger partial charge is 0.495 e. The van der Waals surface area contributed by atoms with Crippen molar-refractivity contribution in [3.8, 4) is 5.75 Å². The summed E-state index contributed by atoms with van der Waals surface area (Å²) in [6.45, 7) is 8.29. The van der Waals surface area contributed by atoms with E-state index in [9.17, 15) is 18.0 Å².